The molecule has 0 aromatic heterocycles. The highest BCUT2D eigenvalue weighted by molar-refractivity contribution is 5.75. The van der Waals surface area contributed by atoms with Crippen LogP contribution in [-0.2, 0) is 9.53 Å². The fourth-order valence-corrected chi connectivity index (χ4v) is 0.381. The Morgan fingerprint density at radius 2 is 2.00 bits per heavy atom. The van der Waals surface area contributed by atoms with Gasteiger partial charge in [-0.1, -0.05) is 0 Å². The van der Waals surface area contributed by atoms with Gasteiger partial charge in [0.15, 0.2) is 0 Å². The van der Waals surface area contributed by atoms with E-state index in [2.05, 4.69) is 6.92 Å². The zero-order chi connectivity index (χ0) is 8.20. The third kappa shape index (κ3) is 3.49. The predicted octanol–water partition coefficient (Wildman–Crippen LogP) is 1.80. The molecule has 0 spiro atoms. The molecule has 0 aliphatic heterocycles. The summed E-state index contributed by atoms with van der Waals surface area (Å²) in [6.45, 7) is 9.48. The standard InChI is InChI=1S/C8H15O2/c1-5-6-10-7(9)8(2,3)4/h1,5-6H2,2-4H3. The van der Waals surface area contributed by atoms with Gasteiger partial charge in [0.2, 0.25) is 0 Å². The highest BCUT2D eigenvalue weighted by Crippen LogP contribution is 2.14. The molecule has 0 amide bonds. The van der Waals surface area contributed by atoms with Crippen LogP contribution in [0.1, 0.15) is 27.2 Å². The lowest BCUT2D eigenvalue weighted by molar-refractivity contribution is -0.152. The van der Waals surface area contributed by atoms with Crippen LogP contribution < -0.4 is 0 Å². The van der Waals surface area contributed by atoms with E-state index in [-0.39, 0.29) is 11.4 Å². The van der Waals surface area contributed by atoms with Crippen molar-refractivity contribution in [3.05, 3.63) is 6.92 Å². The first-order chi connectivity index (χ1) is 4.48. The van der Waals surface area contributed by atoms with Gasteiger partial charge in [-0.05, 0) is 34.1 Å². The highest BCUT2D eigenvalue weighted by Gasteiger charge is 2.22. The van der Waals surface area contributed by atoms with Crippen molar-refractivity contribution in [2.75, 3.05) is 6.61 Å². The Morgan fingerprint density at radius 3 is 2.30 bits per heavy atom. The van der Waals surface area contributed by atoms with E-state index < -0.39 is 0 Å². The molecule has 0 aliphatic rings. The monoisotopic (exact) mass is 143 g/mol. The lowest BCUT2D eigenvalue weighted by Crippen LogP contribution is -2.23. The van der Waals surface area contributed by atoms with Crippen LogP contribution in [0.25, 0.3) is 0 Å². The Balaban J connectivity index is 3.64. The van der Waals surface area contributed by atoms with Crippen molar-refractivity contribution in [2.24, 2.45) is 5.41 Å². The molecule has 0 N–H and O–H groups in total. The third-order valence-electron chi connectivity index (χ3n) is 0.990. The van der Waals surface area contributed by atoms with Gasteiger partial charge in [-0.3, -0.25) is 4.79 Å². The number of hydrogen-bond donors (Lipinski definition) is 0. The van der Waals surface area contributed by atoms with Gasteiger partial charge in [-0.15, -0.1) is 0 Å². The summed E-state index contributed by atoms with van der Waals surface area (Å²) in [5.74, 6) is -0.156. The van der Waals surface area contributed by atoms with Gasteiger partial charge in [0, 0.05) is 0 Å². The summed E-state index contributed by atoms with van der Waals surface area (Å²) in [6.07, 6.45) is 0.641. The molecule has 0 saturated carbocycles. The topological polar surface area (TPSA) is 26.3 Å². The molecule has 0 fully saturated rings. The van der Waals surface area contributed by atoms with Crippen LogP contribution in [0.4, 0.5) is 0 Å². The molecule has 2 heteroatoms. The van der Waals surface area contributed by atoms with E-state index in [0.717, 1.165) is 0 Å². The zero-order valence-corrected chi connectivity index (χ0v) is 6.94. The zero-order valence-electron chi connectivity index (χ0n) is 6.94. The van der Waals surface area contributed by atoms with Gasteiger partial charge in [0.1, 0.15) is 0 Å². The van der Waals surface area contributed by atoms with Crippen LogP contribution in [0.2, 0.25) is 0 Å². The number of rotatable bonds is 2. The molecule has 0 aromatic rings. The number of carbonyl (C=O) groups excluding carboxylic acids is 1. The second-order valence-corrected chi connectivity index (χ2v) is 3.24. The minimum absolute atomic E-state index is 0.156. The third-order valence-corrected chi connectivity index (χ3v) is 0.990. The summed E-state index contributed by atoms with van der Waals surface area (Å²) in [4.78, 5) is 11.0. The van der Waals surface area contributed by atoms with E-state index in [1.165, 1.54) is 0 Å². The second kappa shape index (κ2) is 3.59. The van der Waals surface area contributed by atoms with E-state index in [9.17, 15) is 4.79 Å². The summed E-state index contributed by atoms with van der Waals surface area (Å²) >= 11 is 0. The van der Waals surface area contributed by atoms with Crippen molar-refractivity contribution in [1.82, 2.24) is 0 Å². The minimum atomic E-state index is -0.380. The van der Waals surface area contributed by atoms with E-state index in [1.54, 1.807) is 0 Å². The van der Waals surface area contributed by atoms with E-state index >= 15 is 0 Å². The minimum Gasteiger partial charge on any atom is -0.465 e. The fourth-order valence-electron chi connectivity index (χ4n) is 0.381. The molecular weight excluding hydrogens is 128 g/mol. The Labute approximate surface area is 62.6 Å². The fraction of sp³-hybridized carbons (Fsp3) is 0.750. The normalized spacial score (nSPS) is 11.2. The van der Waals surface area contributed by atoms with Crippen molar-refractivity contribution in [2.45, 2.75) is 27.2 Å². The first-order valence-electron chi connectivity index (χ1n) is 3.45. The smallest absolute Gasteiger partial charge is 0.311 e. The van der Waals surface area contributed by atoms with Gasteiger partial charge in [-0.25, -0.2) is 0 Å². The van der Waals surface area contributed by atoms with Gasteiger partial charge in [0.05, 0.1) is 12.0 Å². The molecule has 0 heterocycles. The molecule has 0 atom stereocenters. The molecule has 0 saturated heterocycles. The van der Waals surface area contributed by atoms with E-state index in [1.807, 2.05) is 20.8 Å². The Bertz CT molecular complexity index is 111. The summed E-state index contributed by atoms with van der Waals surface area (Å²) in [5, 5.41) is 0. The first kappa shape index (κ1) is 9.47. The molecule has 1 radical (unpaired) electrons. The maximum atomic E-state index is 11.0. The van der Waals surface area contributed by atoms with Crippen molar-refractivity contribution >= 4 is 5.97 Å². The van der Waals surface area contributed by atoms with E-state index in [4.69, 9.17) is 4.74 Å². The van der Waals surface area contributed by atoms with E-state index in [0.29, 0.717) is 13.0 Å². The van der Waals surface area contributed by atoms with Crippen molar-refractivity contribution in [3.8, 4) is 0 Å². The molecule has 59 valence electrons. The van der Waals surface area contributed by atoms with Crippen LogP contribution in [0, 0.1) is 12.3 Å². The van der Waals surface area contributed by atoms with Gasteiger partial charge in [0.25, 0.3) is 0 Å². The summed E-state index contributed by atoms with van der Waals surface area (Å²) in [5.41, 5.74) is -0.380. The maximum absolute atomic E-state index is 11.0. The van der Waals surface area contributed by atoms with Crippen molar-refractivity contribution in [3.63, 3.8) is 0 Å². The lowest BCUT2D eigenvalue weighted by atomic mass is 9.97. The second-order valence-electron chi connectivity index (χ2n) is 3.24. The van der Waals surface area contributed by atoms with Gasteiger partial charge in [-0.2, -0.15) is 0 Å². The lowest BCUT2D eigenvalue weighted by Gasteiger charge is -2.15. The Hall–Kier alpha value is -0.530. The number of ether oxygens (including phenoxy) is 1. The number of esters is 1. The maximum Gasteiger partial charge on any atom is 0.311 e. The Morgan fingerprint density at radius 1 is 1.50 bits per heavy atom. The number of hydrogen-bond acceptors (Lipinski definition) is 2. The summed E-state index contributed by atoms with van der Waals surface area (Å²) < 4.78 is 4.85. The SMILES string of the molecule is [CH2]CCOC(=O)C(C)(C)C. The molecule has 0 aliphatic carbocycles. The molecule has 10 heavy (non-hydrogen) atoms. The molecule has 0 aromatic carbocycles. The predicted molar refractivity (Wildman–Crippen MR) is 40.4 cm³/mol. The molecule has 0 rings (SSSR count). The van der Waals surface area contributed by atoms with Crippen molar-refractivity contribution in [1.29, 1.82) is 0 Å². The first-order valence-corrected chi connectivity index (χ1v) is 3.45. The average Bonchev–Trinajstić information content (AvgIpc) is 1.80. The highest BCUT2D eigenvalue weighted by atomic mass is 16.5. The van der Waals surface area contributed by atoms with Crippen molar-refractivity contribution < 1.29 is 9.53 Å². The largest absolute Gasteiger partial charge is 0.465 e. The average molecular weight is 143 g/mol. The quantitative estimate of drug-likeness (QED) is 0.551. The molecule has 2 nitrogen and oxygen atoms in total. The number of carbonyl (C=O) groups is 1. The molecule has 0 bridgehead atoms. The van der Waals surface area contributed by atoms with Crippen LogP contribution in [0.3, 0.4) is 0 Å². The van der Waals surface area contributed by atoms with Gasteiger partial charge < -0.3 is 4.74 Å². The van der Waals surface area contributed by atoms with Crippen LogP contribution in [0.5, 0.6) is 0 Å². The molecule has 0 unspecified atom stereocenters. The van der Waals surface area contributed by atoms with Gasteiger partial charge >= 0.3 is 5.97 Å². The van der Waals surface area contributed by atoms with Crippen LogP contribution in [-0.4, -0.2) is 12.6 Å². The Kier molecular flexibility index (Phi) is 3.40. The molecular formula is C8H15O2. The van der Waals surface area contributed by atoms with Crippen LogP contribution >= 0.6 is 0 Å². The summed E-state index contributed by atoms with van der Waals surface area (Å²) in [6, 6.07) is 0. The van der Waals surface area contributed by atoms with Crippen LogP contribution in [0.15, 0.2) is 0 Å². The summed E-state index contributed by atoms with van der Waals surface area (Å²) in [7, 11) is 0.